The summed E-state index contributed by atoms with van der Waals surface area (Å²) < 4.78 is 5.00. The number of hydrogen-bond donors (Lipinski definition) is 1. The second kappa shape index (κ2) is 8.24. The number of unbranched alkanes of at least 4 members (excludes halogenated alkanes) is 1. The van der Waals surface area contributed by atoms with Crippen molar-refractivity contribution in [2.75, 3.05) is 27.3 Å². The van der Waals surface area contributed by atoms with Gasteiger partial charge in [-0.05, 0) is 20.0 Å². The number of nitrogens with zero attached hydrogens (tertiary/aromatic N) is 2. The fourth-order valence-electron chi connectivity index (χ4n) is 1.72. The van der Waals surface area contributed by atoms with E-state index in [1.807, 2.05) is 7.05 Å². The van der Waals surface area contributed by atoms with E-state index in [4.69, 9.17) is 4.74 Å². The molecule has 0 unspecified atom stereocenters. The van der Waals surface area contributed by atoms with E-state index in [1.54, 1.807) is 7.11 Å². The van der Waals surface area contributed by atoms with Gasteiger partial charge in [0.05, 0.1) is 16.5 Å². The van der Waals surface area contributed by atoms with Crippen molar-refractivity contribution < 1.29 is 14.6 Å². The molecule has 0 saturated carbocycles. The highest BCUT2D eigenvalue weighted by Gasteiger charge is 2.18. The highest BCUT2D eigenvalue weighted by molar-refractivity contribution is 7.11. The molecule has 0 aromatic carbocycles. The summed E-state index contributed by atoms with van der Waals surface area (Å²) in [5.74, 6) is -0.946. The van der Waals surface area contributed by atoms with Crippen molar-refractivity contribution in [2.45, 2.75) is 32.7 Å². The highest BCUT2D eigenvalue weighted by atomic mass is 32.1. The summed E-state index contributed by atoms with van der Waals surface area (Å²) in [6.45, 7) is 4.33. The topological polar surface area (TPSA) is 62.7 Å². The summed E-state index contributed by atoms with van der Waals surface area (Å²) in [5, 5.41) is 10.0. The Morgan fingerprint density at radius 2 is 2.26 bits per heavy atom. The van der Waals surface area contributed by atoms with E-state index >= 15 is 0 Å². The Balaban J connectivity index is 2.73. The van der Waals surface area contributed by atoms with E-state index in [2.05, 4.69) is 16.8 Å². The van der Waals surface area contributed by atoms with Crippen molar-refractivity contribution in [1.29, 1.82) is 0 Å². The number of carboxylic acids is 1. The number of aromatic nitrogens is 1. The van der Waals surface area contributed by atoms with Crippen LogP contribution in [-0.4, -0.2) is 48.3 Å². The molecule has 1 aromatic rings. The normalized spacial score (nSPS) is 11.2. The SMILES string of the molecule is CCCCN(C)Cc1sc(CCOC)nc1C(=O)O. The predicted molar refractivity (Wildman–Crippen MR) is 75.9 cm³/mol. The molecule has 6 heteroatoms. The Kier molecular flexibility index (Phi) is 6.97. The second-order valence-electron chi connectivity index (χ2n) is 4.52. The smallest absolute Gasteiger partial charge is 0.355 e. The summed E-state index contributed by atoms with van der Waals surface area (Å²) in [6.07, 6.45) is 2.92. The molecular weight excluding hydrogens is 264 g/mol. The zero-order chi connectivity index (χ0) is 14.3. The number of thiazole rings is 1. The Labute approximate surface area is 118 Å². The van der Waals surface area contributed by atoms with Crippen LogP contribution in [0, 0.1) is 0 Å². The molecule has 0 atom stereocenters. The van der Waals surface area contributed by atoms with Gasteiger partial charge in [0.25, 0.3) is 0 Å². The van der Waals surface area contributed by atoms with Gasteiger partial charge in [0.2, 0.25) is 0 Å². The molecule has 1 heterocycles. The lowest BCUT2D eigenvalue weighted by Crippen LogP contribution is -2.19. The minimum absolute atomic E-state index is 0.194. The summed E-state index contributed by atoms with van der Waals surface area (Å²) in [5.41, 5.74) is 0.194. The number of rotatable bonds is 9. The van der Waals surface area contributed by atoms with E-state index in [9.17, 15) is 9.90 Å². The highest BCUT2D eigenvalue weighted by Crippen LogP contribution is 2.21. The molecule has 0 saturated heterocycles. The molecule has 5 nitrogen and oxygen atoms in total. The van der Waals surface area contributed by atoms with E-state index in [-0.39, 0.29) is 5.69 Å². The molecule has 1 rings (SSSR count). The minimum atomic E-state index is -0.946. The van der Waals surface area contributed by atoms with Gasteiger partial charge in [-0.1, -0.05) is 13.3 Å². The molecule has 108 valence electrons. The van der Waals surface area contributed by atoms with Crippen LogP contribution in [0.3, 0.4) is 0 Å². The Bertz CT molecular complexity index is 407. The summed E-state index contributed by atoms with van der Waals surface area (Å²) in [6, 6.07) is 0. The summed E-state index contributed by atoms with van der Waals surface area (Å²) in [7, 11) is 3.64. The molecular formula is C13H22N2O3S. The molecule has 0 spiro atoms. The van der Waals surface area contributed by atoms with Gasteiger partial charge in [-0.3, -0.25) is 0 Å². The van der Waals surface area contributed by atoms with Gasteiger partial charge < -0.3 is 14.7 Å². The first-order chi connectivity index (χ1) is 9.08. The lowest BCUT2D eigenvalue weighted by Gasteiger charge is -2.14. The number of carbonyl (C=O) groups is 1. The summed E-state index contributed by atoms with van der Waals surface area (Å²) in [4.78, 5) is 18.4. The van der Waals surface area contributed by atoms with Crippen molar-refractivity contribution in [2.24, 2.45) is 0 Å². The third-order valence-electron chi connectivity index (χ3n) is 2.77. The van der Waals surface area contributed by atoms with Gasteiger partial charge in [0.1, 0.15) is 0 Å². The monoisotopic (exact) mass is 286 g/mol. The van der Waals surface area contributed by atoms with Gasteiger partial charge in [0.15, 0.2) is 5.69 Å². The first-order valence-electron chi connectivity index (χ1n) is 6.47. The fourth-order valence-corrected chi connectivity index (χ4v) is 2.84. The maximum absolute atomic E-state index is 11.2. The van der Waals surface area contributed by atoms with E-state index in [1.165, 1.54) is 11.3 Å². The third-order valence-corrected chi connectivity index (χ3v) is 3.87. The lowest BCUT2D eigenvalue weighted by atomic mass is 10.3. The van der Waals surface area contributed by atoms with E-state index < -0.39 is 5.97 Å². The fraction of sp³-hybridized carbons (Fsp3) is 0.692. The van der Waals surface area contributed by atoms with E-state index in [0.717, 1.165) is 29.3 Å². The van der Waals surface area contributed by atoms with Crippen molar-refractivity contribution in [1.82, 2.24) is 9.88 Å². The van der Waals surface area contributed by atoms with Crippen LogP contribution in [0.5, 0.6) is 0 Å². The van der Waals surface area contributed by atoms with Gasteiger partial charge >= 0.3 is 5.97 Å². The first kappa shape index (κ1) is 16.1. The molecule has 0 aliphatic heterocycles. The van der Waals surface area contributed by atoms with Crippen molar-refractivity contribution >= 4 is 17.3 Å². The minimum Gasteiger partial charge on any atom is -0.476 e. The predicted octanol–water partition coefficient (Wildman–Crippen LogP) is 2.26. The van der Waals surface area contributed by atoms with Crippen LogP contribution in [-0.2, 0) is 17.7 Å². The van der Waals surface area contributed by atoms with Gasteiger partial charge in [-0.25, -0.2) is 9.78 Å². The average molecular weight is 286 g/mol. The van der Waals surface area contributed by atoms with Crippen molar-refractivity contribution in [3.8, 4) is 0 Å². The lowest BCUT2D eigenvalue weighted by molar-refractivity contribution is 0.0689. The Morgan fingerprint density at radius 1 is 1.53 bits per heavy atom. The molecule has 0 bridgehead atoms. The molecule has 0 aliphatic carbocycles. The largest absolute Gasteiger partial charge is 0.476 e. The standard InChI is InChI=1S/C13H22N2O3S/c1-4-5-7-15(2)9-10-12(13(16)17)14-11(19-10)6-8-18-3/h4-9H2,1-3H3,(H,16,17). The van der Waals surface area contributed by atoms with Crippen LogP contribution >= 0.6 is 11.3 Å². The number of aromatic carboxylic acids is 1. The Morgan fingerprint density at radius 3 is 2.84 bits per heavy atom. The first-order valence-corrected chi connectivity index (χ1v) is 7.29. The van der Waals surface area contributed by atoms with Crippen molar-refractivity contribution in [3.05, 3.63) is 15.6 Å². The molecule has 1 aromatic heterocycles. The van der Waals surface area contributed by atoms with Crippen LogP contribution in [0.1, 0.15) is 40.1 Å². The molecule has 0 fully saturated rings. The third kappa shape index (κ3) is 5.26. The molecule has 19 heavy (non-hydrogen) atoms. The molecule has 0 radical (unpaired) electrons. The zero-order valence-electron chi connectivity index (χ0n) is 11.8. The van der Waals surface area contributed by atoms with Crippen LogP contribution in [0.4, 0.5) is 0 Å². The second-order valence-corrected chi connectivity index (χ2v) is 5.69. The van der Waals surface area contributed by atoms with Crippen LogP contribution < -0.4 is 0 Å². The van der Waals surface area contributed by atoms with E-state index in [0.29, 0.717) is 19.6 Å². The molecule has 0 amide bonds. The number of hydrogen-bond acceptors (Lipinski definition) is 5. The molecule has 1 N–H and O–H groups in total. The van der Waals surface area contributed by atoms with Crippen LogP contribution in [0.2, 0.25) is 0 Å². The maximum atomic E-state index is 11.2. The van der Waals surface area contributed by atoms with Gasteiger partial charge in [-0.15, -0.1) is 11.3 Å². The van der Waals surface area contributed by atoms with Gasteiger partial charge in [0, 0.05) is 20.1 Å². The van der Waals surface area contributed by atoms with Crippen molar-refractivity contribution in [3.63, 3.8) is 0 Å². The molecule has 0 aliphatic rings. The van der Waals surface area contributed by atoms with Crippen LogP contribution in [0.25, 0.3) is 0 Å². The van der Waals surface area contributed by atoms with Crippen LogP contribution in [0.15, 0.2) is 0 Å². The average Bonchev–Trinajstić information content (AvgIpc) is 2.77. The number of ether oxygens (including phenoxy) is 1. The quantitative estimate of drug-likeness (QED) is 0.754. The zero-order valence-corrected chi connectivity index (χ0v) is 12.6. The Hall–Kier alpha value is -0.980. The number of methoxy groups -OCH3 is 1. The van der Waals surface area contributed by atoms with Gasteiger partial charge in [-0.2, -0.15) is 0 Å². The maximum Gasteiger partial charge on any atom is 0.355 e. The summed E-state index contributed by atoms with van der Waals surface area (Å²) >= 11 is 1.48. The number of carboxylic acid groups (broad SMARTS) is 1.